The molecule has 86 heavy (non-hydrogen) atoms. The summed E-state index contributed by atoms with van der Waals surface area (Å²) in [4.78, 5) is 13.3. The summed E-state index contributed by atoms with van der Waals surface area (Å²) in [5, 5.41) is 120. The molecule has 3 aliphatic heterocycles. The molecule has 19 nitrogen and oxygen atoms in total. The molecule has 19 heteroatoms. The van der Waals surface area contributed by atoms with Crippen molar-refractivity contribution in [3.63, 3.8) is 0 Å². The molecule has 3 saturated heterocycles. The standard InChI is InChI=1S/C67H117NO18/c1-3-5-7-9-11-13-15-17-19-21-22-23-24-25-26-27-29-30-32-34-36-38-40-42-44-51(72)50(68-55(73)45-43-41-39-37-35-33-31-28-20-18-16-14-12-10-8-6-4-2)49-81-65-61(79)58(76)63(53(47-70)83-65)86-67-62(80)59(77)64(54(48-71)84-67)85-66-60(78)57(75)56(74)52(46-69)82-66/h6,8,12,14,18,20,31,33,37,39,42,44,50-54,56-67,69-72,74-80H,3-5,7,9-11,13,15-17,19,21-30,32,34-36,38,40-41,43,45-49H2,1-2H3,(H,68,73)/b8-6-,14-12-,20-18-,33-31-,39-37-,44-42+. The van der Waals surface area contributed by atoms with Gasteiger partial charge in [0.25, 0.3) is 0 Å². The predicted octanol–water partition coefficient (Wildman–Crippen LogP) is 7.77. The van der Waals surface area contributed by atoms with Gasteiger partial charge in [-0.3, -0.25) is 4.79 Å². The van der Waals surface area contributed by atoms with Crippen LogP contribution in [0.1, 0.15) is 213 Å². The van der Waals surface area contributed by atoms with Crippen LogP contribution in [0.25, 0.3) is 0 Å². The molecular formula is C67H117NO18. The van der Waals surface area contributed by atoms with E-state index in [0.29, 0.717) is 12.8 Å². The van der Waals surface area contributed by atoms with Crippen LogP contribution >= 0.6 is 0 Å². The minimum atomic E-state index is -1.99. The fourth-order valence-electron chi connectivity index (χ4n) is 10.9. The van der Waals surface area contributed by atoms with Gasteiger partial charge in [0.15, 0.2) is 18.9 Å². The fourth-order valence-corrected chi connectivity index (χ4v) is 10.9. The largest absolute Gasteiger partial charge is 0.394 e. The number of carbonyl (C=O) groups is 1. The number of allylic oxidation sites excluding steroid dienone is 11. The molecule has 1 amide bonds. The van der Waals surface area contributed by atoms with Crippen LogP contribution in [0.4, 0.5) is 0 Å². The maximum atomic E-state index is 13.3. The molecule has 17 unspecified atom stereocenters. The Bertz CT molecular complexity index is 1850. The third kappa shape index (κ3) is 31.3. The number of unbranched alkanes of at least 4 members (excludes halogenated alkanes) is 23. The molecule has 0 aromatic heterocycles. The smallest absolute Gasteiger partial charge is 0.220 e. The first-order chi connectivity index (χ1) is 41.8. The highest BCUT2D eigenvalue weighted by Crippen LogP contribution is 2.33. The number of amides is 1. The summed E-state index contributed by atoms with van der Waals surface area (Å²) in [6.45, 7) is 1.57. The van der Waals surface area contributed by atoms with Crippen molar-refractivity contribution in [1.29, 1.82) is 0 Å². The number of hydrogen-bond donors (Lipinski definition) is 12. The van der Waals surface area contributed by atoms with Crippen molar-refractivity contribution >= 4 is 5.91 Å². The molecular weight excluding hydrogens is 1110 g/mol. The maximum Gasteiger partial charge on any atom is 0.220 e. The highest BCUT2D eigenvalue weighted by molar-refractivity contribution is 5.76. The van der Waals surface area contributed by atoms with E-state index in [4.69, 9.17) is 28.4 Å². The van der Waals surface area contributed by atoms with E-state index < -0.39 is 124 Å². The van der Waals surface area contributed by atoms with Gasteiger partial charge >= 0.3 is 0 Å². The molecule has 17 atom stereocenters. The van der Waals surface area contributed by atoms with E-state index in [0.717, 1.165) is 57.8 Å². The molecule has 12 N–H and O–H groups in total. The highest BCUT2D eigenvalue weighted by Gasteiger charge is 2.53. The number of aliphatic hydroxyl groups excluding tert-OH is 11. The second kappa shape index (κ2) is 49.0. The fraction of sp³-hybridized carbons (Fsp3) is 0.806. The quantitative estimate of drug-likeness (QED) is 0.0204. The van der Waals surface area contributed by atoms with Gasteiger partial charge in [-0.2, -0.15) is 0 Å². The first-order valence-electron chi connectivity index (χ1n) is 33.2. The second-order valence-electron chi connectivity index (χ2n) is 23.6. The van der Waals surface area contributed by atoms with Crippen LogP contribution < -0.4 is 5.32 Å². The van der Waals surface area contributed by atoms with Gasteiger partial charge in [0.05, 0.1) is 38.6 Å². The lowest BCUT2D eigenvalue weighted by atomic mass is 9.96. The summed E-state index contributed by atoms with van der Waals surface area (Å²) in [6.07, 6.45) is 33.2. The minimum absolute atomic E-state index is 0.162. The highest BCUT2D eigenvalue weighted by atomic mass is 16.8. The van der Waals surface area contributed by atoms with Crippen LogP contribution in [-0.2, 0) is 33.2 Å². The summed E-state index contributed by atoms with van der Waals surface area (Å²) in [6, 6.07) is -1.01. The Balaban J connectivity index is 1.48. The molecule has 0 aliphatic carbocycles. The summed E-state index contributed by atoms with van der Waals surface area (Å²) in [7, 11) is 0. The average molecular weight is 1220 g/mol. The van der Waals surface area contributed by atoms with Gasteiger partial charge in [-0.1, -0.05) is 222 Å². The van der Waals surface area contributed by atoms with Crippen molar-refractivity contribution in [3.8, 4) is 0 Å². The molecule has 0 bridgehead atoms. The van der Waals surface area contributed by atoms with Crippen molar-refractivity contribution in [2.75, 3.05) is 26.4 Å². The van der Waals surface area contributed by atoms with Gasteiger partial charge in [-0.15, -0.1) is 0 Å². The van der Waals surface area contributed by atoms with Crippen molar-refractivity contribution in [3.05, 3.63) is 72.9 Å². The van der Waals surface area contributed by atoms with Crippen LogP contribution in [0, 0.1) is 0 Å². The van der Waals surface area contributed by atoms with Gasteiger partial charge in [0, 0.05) is 6.42 Å². The summed E-state index contributed by atoms with van der Waals surface area (Å²) < 4.78 is 34.3. The summed E-state index contributed by atoms with van der Waals surface area (Å²) in [5.41, 5.74) is 0. The first-order valence-corrected chi connectivity index (χ1v) is 33.2. The van der Waals surface area contributed by atoms with Crippen molar-refractivity contribution in [1.82, 2.24) is 5.32 Å². The van der Waals surface area contributed by atoms with E-state index in [1.165, 1.54) is 122 Å². The first kappa shape index (κ1) is 77.5. The minimum Gasteiger partial charge on any atom is -0.394 e. The number of nitrogens with one attached hydrogen (secondary N) is 1. The molecule has 0 saturated carbocycles. The Morgan fingerprint density at radius 3 is 1.24 bits per heavy atom. The normalized spacial score (nSPS) is 29.2. The van der Waals surface area contributed by atoms with Crippen LogP contribution in [0.2, 0.25) is 0 Å². The van der Waals surface area contributed by atoms with Gasteiger partial charge < -0.3 is 89.9 Å². The van der Waals surface area contributed by atoms with Crippen molar-refractivity contribution in [2.45, 2.75) is 317 Å². The number of ether oxygens (including phenoxy) is 6. The van der Waals surface area contributed by atoms with E-state index in [-0.39, 0.29) is 18.9 Å². The zero-order valence-corrected chi connectivity index (χ0v) is 52.3. The Labute approximate surface area is 515 Å². The van der Waals surface area contributed by atoms with Crippen LogP contribution in [-0.4, -0.2) is 193 Å². The van der Waals surface area contributed by atoms with Crippen molar-refractivity contribution in [2.24, 2.45) is 0 Å². The number of aliphatic hydroxyl groups is 11. The van der Waals surface area contributed by atoms with E-state index in [1.54, 1.807) is 6.08 Å². The van der Waals surface area contributed by atoms with E-state index >= 15 is 0 Å². The van der Waals surface area contributed by atoms with E-state index in [2.05, 4.69) is 73.8 Å². The molecule has 3 heterocycles. The Morgan fingerprint density at radius 2 is 0.802 bits per heavy atom. The molecule has 498 valence electrons. The molecule has 0 spiro atoms. The summed E-state index contributed by atoms with van der Waals surface area (Å²) >= 11 is 0. The molecule has 0 aromatic carbocycles. The Morgan fingerprint density at radius 1 is 0.430 bits per heavy atom. The molecule has 3 fully saturated rings. The second-order valence-corrected chi connectivity index (χ2v) is 23.6. The Hall–Kier alpha value is -2.77. The third-order valence-electron chi connectivity index (χ3n) is 16.3. The average Bonchev–Trinajstić information content (AvgIpc) is 2.24. The SMILES string of the molecule is CC/C=C\C/C=C\C/C=C\C/C=C\C/C=C\CCCC(=O)NC(COC1OC(CO)C(OC2OC(CO)C(OC3OC(CO)C(O)C(O)C3O)C(O)C2O)C(O)C1O)C(O)/C=C/CCCCCCCCCCCCCCCCCCCCCCCC. The third-order valence-corrected chi connectivity index (χ3v) is 16.3. The number of rotatable bonds is 49. The van der Waals surface area contributed by atoms with Gasteiger partial charge in [0.1, 0.15) is 73.2 Å². The molecule has 3 rings (SSSR count). The monoisotopic (exact) mass is 1220 g/mol. The van der Waals surface area contributed by atoms with Gasteiger partial charge in [-0.05, 0) is 57.8 Å². The molecule has 3 aliphatic rings. The maximum absolute atomic E-state index is 13.3. The zero-order valence-electron chi connectivity index (χ0n) is 52.3. The molecule has 0 aromatic rings. The van der Waals surface area contributed by atoms with Crippen LogP contribution in [0.5, 0.6) is 0 Å². The lowest BCUT2D eigenvalue weighted by molar-refractivity contribution is -0.379. The van der Waals surface area contributed by atoms with Gasteiger partial charge in [0.2, 0.25) is 5.91 Å². The predicted molar refractivity (Wildman–Crippen MR) is 332 cm³/mol. The lowest BCUT2D eigenvalue weighted by Gasteiger charge is -2.48. The molecule has 0 radical (unpaired) electrons. The lowest BCUT2D eigenvalue weighted by Crippen LogP contribution is -2.66. The topological polar surface area (TPSA) is 307 Å². The number of carbonyl (C=O) groups excluding carboxylic acids is 1. The van der Waals surface area contributed by atoms with E-state index in [1.807, 2.05) is 12.2 Å². The van der Waals surface area contributed by atoms with Crippen LogP contribution in [0.15, 0.2) is 72.9 Å². The van der Waals surface area contributed by atoms with Crippen LogP contribution in [0.3, 0.4) is 0 Å². The zero-order chi connectivity index (χ0) is 62.6. The number of hydrogen-bond acceptors (Lipinski definition) is 18. The van der Waals surface area contributed by atoms with Gasteiger partial charge in [-0.25, -0.2) is 0 Å². The van der Waals surface area contributed by atoms with Crippen molar-refractivity contribution < 1.29 is 89.4 Å². The summed E-state index contributed by atoms with van der Waals surface area (Å²) in [5.74, 6) is -0.333. The van der Waals surface area contributed by atoms with E-state index in [9.17, 15) is 61.0 Å². The Kier molecular flexibility index (Phi) is 44.1.